The van der Waals surface area contributed by atoms with Gasteiger partial charge in [-0.3, -0.25) is 4.79 Å². The van der Waals surface area contributed by atoms with E-state index in [1.165, 1.54) is 0 Å². The molecule has 13 heavy (non-hydrogen) atoms. The van der Waals surface area contributed by atoms with Crippen LogP contribution in [0, 0.1) is 0 Å². The number of rotatable bonds is 3. The van der Waals surface area contributed by atoms with Gasteiger partial charge in [0.1, 0.15) is 4.83 Å². The molecule has 0 saturated heterocycles. The normalized spacial score (nSPS) is 10.8. The van der Waals surface area contributed by atoms with Crippen LogP contribution in [-0.4, -0.2) is 21.0 Å². The maximum atomic E-state index is 10.3. The van der Waals surface area contributed by atoms with Crippen molar-refractivity contribution in [2.45, 2.75) is 12.8 Å². The summed E-state index contributed by atoms with van der Waals surface area (Å²) in [7, 11) is 0. The lowest BCUT2D eigenvalue weighted by Crippen LogP contribution is -1.95. The summed E-state index contributed by atoms with van der Waals surface area (Å²) in [5.74, 6) is -0.759. The van der Waals surface area contributed by atoms with Crippen molar-refractivity contribution in [1.82, 2.24) is 9.97 Å². The Morgan fingerprint density at radius 1 is 1.69 bits per heavy atom. The number of carbonyl (C=O) groups is 1. The topological polar surface area (TPSA) is 66.0 Å². The van der Waals surface area contributed by atoms with Crippen LogP contribution in [0.1, 0.15) is 11.3 Å². The molecule has 0 saturated carbocycles. The van der Waals surface area contributed by atoms with E-state index in [-0.39, 0.29) is 6.42 Å². The first kappa shape index (κ1) is 8.25. The van der Waals surface area contributed by atoms with Crippen molar-refractivity contribution in [3.8, 4) is 0 Å². The Morgan fingerprint density at radius 2 is 2.54 bits per heavy atom. The van der Waals surface area contributed by atoms with E-state index in [0.29, 0.717) is 6.42 Å². The molecular weight excluding hydrogens is 188 g/mol. The van der Waals surface area contributed by atoms with Crippen molar-refractivity contribution < 1.29 is 9.90 Å². The zero-order chi connectivity index (χ0) is 9.26. The van der Waals surface area contributed by atoms with Gasteiger partial charge in [0.15, 0.2) is 0 Å². The van der Waals surface area contributed by atoms with Crippen molar-refractivity contribution in [2.24, 2.45) is 0 Å². The van der Waals surface area contributed by atoms with Crippen molar-refractivity contribution in [1.29, 1.82) is 0 Å². The summed E-state index contributed by atoms with van der Waals surface area (Å²) in [5.41, 5.74) is 0.991. The summed E-state index contributed by atoms with van der Waals surface area (Å²) in [6.45, 7) is 0. The van der Waals surface area contributed by atoms with Crippen molar-refractivity contribution in [3.05, 3.63) is 17.3 Å². The van der Waals surface area contributed by atoms with Gasteiger partial charge in [0.2, 0.25) is 0 Å². The second-order valence-corrected chi connectivity index (χ2v) is 3.84. The molecule has 0 aliphatic carbocycles. The van der Waals surface area contributed by atoms with Gasteiger partial charge >= 0.3 is 5.97 Å². The van der Waals surface area contributed by atoms with Crippen LogP contribution in [0.3, 0.4) is 0 Å². The highest BCUT2D eigenvalue weighted by Crippen LogP contribution is 2.22. The summed E-state index contributed by atoms with van der Waals surface area (Å²) in [4.78, 5) is 19.4. The summed E-state index contributed by atoms with van der Waals surface area (Å²) in [6.07, 6.45) is 2.41. The van der Waals surface area contributed by atoms with Gasteiger partial charge in [-0.25, -0.2) is 4.98 Å². The van der Waals surface area contributed by atoms with E-state index >= 15 is 0 Å². The number of carboxylic acids is 1. The first-order chi connectivity index (χ1) is 6.25. The molecule has 0 aliphatic rings. The van der Waals surface area contributed by atoms with Crippen molar-refractivity contribution in [2.75, 3.05) is 0 Å². The van der Waals surface area contributed by atoms with Crippen LogP contribution >= 0.6 is 11.3 Å². The standard InChI is InChI=1S/C8H8N2O2S/c11-7(12)2-1-5-3-6-8(13-5)10-4-9-6/h3-4H,1-2H2,(H,9,10)(H,11,12). The smallest absolute Gasteiger partial charge is 0.303 e. The quantitative estimate of drug-likeness (QED) is 0.784. The van der Waals surface area contributed by atoms with Crippen LogP contribution in [0.5, 0.6) is 0 Å². The summed E-state index contributed by atoms with van der Waals surface area (Å²) in [6, 6.07) is 1.95. The molecule has 0 aliphatic heterocycles. The molecule has 2 heterocycles. The SMILES string of the molecule is O=C(O)CCc1cc2[nH]cnc2s1. The third kappa shape index (κ3) is 1.70. The number of aromatic amines is 1. The Labute approximate surface area is 78.2 Å². The van der Waals surface area contributed by atoms with Gasteiger partial charge in [-0.1, -0.05) is 0 Å². The van der Waals surface area contributed by atoms with Crippen LogP contribution in [0.2, 0.25) is 0 Å². The molecule has 0 spiro atoms. The van der Waals surface area contributed by atoms with E-state index in [1.54, 1.807) is 17.7 Å². The zero-order valence-electron chi connectivity index (χ0n) is 6.78. The highest BCUT2D eigenvalue weighted by molar-refractivity contribution is 7.18. The van der Waals surface area contributed by atoms with E-state index < -0.39 is 5.97 Å². The fourth-order valence-corrected chi connectivity index (χ4v) is 2.11. The lowest BCUT2D eigenvalue weighted by Gasteiger charge is -1.89. The van der Waals surface area contributed by atoms with Crippen LogP contribution in [0.4, 0.5) is 0 Å². The van der Waals surface area contributed by atoms with E-state index in [2.05, 4.69) is 9.97 Å². The molecule has 0 radical (unpaired) electrons. The predicted molar refractivity (Wildman–Crippen MR) is 49.9 cm³/mol. The first-order valence-electron chi connectivity index (χ1n) is 3.89. The molecular formula is C8H8N2O2S. The number of H-pyrrole nitrogens is 1. The minimum Gasteiger partial charge on any atom is -0.481 e. The van der Waals surface area contributed by atoms with Gasteiger partial charge in [-0.15, -0.1) is 11.3 Å². The Kier molecular flexibility index (Phi) is 2.02. The number of nitrogens with one attached hydrogen (secondary N) is 1. The molecule has 5 heteroatoms. The Bertz CT molecular complexity index is 403. The number of hydrogen-bond donors (Lipinski definition) is 2. The molecule has 2 aromatic rings. The number of aliphatic carboxylic acids is 1. The van der Waals surface area contributed by atoms with E-state index in [9.17, 15) is 4.79 Å². The molecule has 2 aromatic heterocycles. The Hall–Kier alpha value is -1.36. The number of imidazole rings is 1. The highest BCUT2D eigenvalue weighted by atomic mass is 32.1. The molecule has 2 N–H and O–H groups in total. The second-order valence-electron chi connectivity index (χ2n) is 2.73. The second kappa shape index (κ2) is 3.18. The van der Waals surface area contributed by atoms with Crippen molar-refractivity contribution >= 4 is 27.7 Å². The molecule has 0 atom stereocenters. The molecule has 0 unspecified atom stereocenters. The van der Waals surface area contributed by atoms with E-state index in [0.717, 1.165) is 15.2 Å². The number of hydrogen-bond acceptors (Lipinski definition) is 3. The molecule has 0 fully saturated rings. The van der Waals surface area contributed by atoms with Crippen LogP contribution in [0.25, 0.3) is 10.3 Å². The predicted octanol–water partition coefficient (Wildman–Crippen LogP) is 1.64. The van der Waals surface area contributed by atoms with Crippen LogP contribution < -0.4 is 0 Å². The minimum absolute atomic E-state index is 0.184. The average Bonchev–Trinajstić information content (AvgIpc) is 2.58. The largest absolute Gasteiger partial charge is 0.481 e. The maximum Gasteiger partial charge on any atom is 0.303 e. The molecule has 0 amide bonds. The number of fused-ring (bicyclic) bond motifs is 1. The number of aromatic nitrogens is 2. The van der Waals surface area contributed by atoms with E-state index in [4.69, 9.17) is 5.11 Å². The fraction of sp³-hybridized carbons (Fsp3) is 0.250. The van der Waals surface area contributed by atoms with Crippen LogP contribution in [-0.2, 0) is 11.2 Å². The van der Waals surface area contributed by atoms with Gasteiger partial charge in [0, 0.05) is 4.88 Å². The maximum absolute atomic E-state index is 10.3. The summed E-state index contributed by atoms with van der Waals surface area (Å²) in [5, 5.41) is 8.48. The fourth-order valence-electron chi connectivity index (χ4n) is 1.14. The molecule has 0 aromatic carbocycles. The average molecular weight is 196 g/mol. The third-order valence-electron chi connectivity index (χ3n) is 1.75. The molecule has 4 nitrogen and oxygen atoms in total. The number of thiophene rings is 1. The lowest BCUT2D eigenvalue weighted by atomic mass is 10.3. The van der Waals surface area contributed by atoms with Gasteiger partial charge in [-0.2, -0.15) is 0 Å². The molecule has 2 rings (SSSR count). The molecule has 68 valence electrons. The Balaban J connectivity index is 2.15. The first-order valence-corrected chi connectivity index (χ1v) is 4.71. The zero-order valence-corrected chi connectivity index (χ0v) is 7.60. The number of nitrogens with zero attached hydrogens (tertiary/aromatic N) is 1. The third-order valence-corrected chi connectivity index (χ3v) is 2.85. The lowest BCUT2D eigenvalue weighted by molar-refractivity contribution is -0.136. The summed E-state index contributed by atoms with van der Waals surface area (Å²) >= 11 is 1.54. The van der Waals surface area contributed by atoms with Crippen LogP contribution in [0.15, 0.2) is 12.4 Å². The van der Waals surface area contributed by atoms with Crippen molar-refractivity contribution in [3.63, 3.8) is 0 Å². The molecule has 0 bridgehead atoms. The highest BCUT2D eigenvalue weighted by Gasteiger charge is 2.05. The van der Waals surface area contributed by atoms with Gasteiger partial charge in [0.25, 0.3) is 0 Å². The number of carboxylic acid groups (broad SMARTS) is 1. The van der Waals surface area contributed by atoms with Gasteiger partial charge in [-0.05, 0) is 12.5 Å². The van der Waals surface area contributed by atoms with Gasteiger partial charge < -0.3 is 10.1 Å². The Morgan fingerprint density at radius 3 is 3.23 bits per heavy atom. The monoisotopic (exact) mass is 196 g/mol. The van der Waals surface area contributed by atoms with E-state index in [1.807, 2.05) is 6.07 Å². The number of aryl methyl sites for hydroxylation is 1. The summed E-state index contributed by atoms with van der Waals surface area (Å²) < 4.78 is 0. The van der Waals surface area contributed by atoms with Gasteiger partial charge in [0.05, 0.1) is 18.3 Å². The minimum atomic E-state index is -0.759.